The van der Waals surface area contributed by atoms with Gasteiger partial charge in [-0.3, -0.25) is 6.08 Å². The molecule has 0 amide bonds. The average molecular weight is 577 g/mol. The van der Waals surface area contributed by atoms with Crippen LogP contribution in [0.15, 0.2) is 77.4 Å². The van der Waals surface area contributed by atoms with Crippen LogP contribution in [0.4, 0.5) is 0 Å². The van der Waals surface area contributed by atoms with E-state index in [1.165, 1.54) is 80.4 Å². The summed E-state index contributed by atoms with van der Waals surface area (Å²) in [6, 6.07) is 21.9. The van der Waals surface area contributed by atoms with Gasteiger partial charge in [-0.1, -0.05) is 82.0 Å². The maximum atomic E-state index is 3.36. The molecule has 0 bridgehead atoms. The van der Waals surface area contributed by atoms with Crippen LogP contribution < -0.4 is 0 Å². The SMILES string of the molecule is CC1=[C-]C(C)C(C)=C1C.CCCc1cc2c(-c3ccccc3)cccc2[cH-]1.Cl.Cl.[CH3-].[CH3-].[Si]=[Zr]. The van der Waals surface area contributed by atoms with Crippen LogP contribution in [0.25, 0.3) is 21.9 Å². The quantitative estimate of drug-likeness (QED) is 0.215. The van der Waals surface area contributed by atoms with Crippen molar-refractivity contribution in [3.05, 3.63) is 104 Å². The Hall–Kier alpha value is -0.790. The number of rotatable bonds is 3. The molecule has 1 aliphatic carbocycles. The second kappa shape index (κ2) is 18.5. The monoisotopic (exact) mass is 574 g/mol. The molecule has 0 saturated carbocycles. The van der Waals surface area contributed by atoms with Gasteiger partial charge in [0.25, 0.3) is 0 Å². The molecule has 1 aliphatic rings. The van der Waals surface area contributed by atoms with E-state index in [-0.39, 0.29) is 39.7 Å². The first-order chi connectivity index (χ1) is 14.0. The van der Waals surface area contributed by atoms with Gasteiger partial charge in [-0.15, -0.1) is 66.3 Å². The molecule has 0 N–H and O–H groups in total. The molecule has 0 aromatic heterocycles. The molecule has 4 heteroatoms. The molecule has 1 atom stereocenters. The third-order valence-electron chi connectivity index (χ3n) is 5.67. The van der Waals surface area contributed by atoms with Gasteiger partial charge in [-0.25, -0.2) is 5.57 Å². The van der Waals surface area contributed by atoms with Crippen LogP contribution >= 0.6 is 24.8 Å². The number of halogens is 2. The predicted octanol–water partition coefficient (Wildman–Crippen LogP) is 9.26. The molecule has 4 rings (SSSR count). The number of benzene rings is 2. The van der Waals surface area contributed by atoms with Crippen LogP contribution in [-0.4, -0.2) is 6.88 Å². The number of hydrogen-bond donors (Lipinski definition) is 0. The molecule has 180 valence electrons. The Labute approximate surface area is 232 Å². The van der Waals surface area contributed by atoms with Crippen LogP contribution in [0.2, 0.25) is 0 Å². The van der Waals surface area contributed by atoms with E-state index >= 15 is 0 Å². The van der Waals surface area contributed by atoms with Crippen LogP contribution in [-0.2, 0) is 29.8 Å². The standard InChI is InChI=1S/C18H17.C9H13.2CH3.2ClH.Si.Zr/c1-2-7-14-12-16-10-6-11-17(18(16)13-14)15-8-4-3-5-9-15;1-6-5-7(2)9(4)8(6)3;;;;;;/h3-6,8-13H,2,7H2,1H3;6H,1-4H3;2*1H3;2*1H;;/q4*-1;;;;. The Bertz CT molecular complexity index is 1000. The molecule has 33 heavy (non-hydrogen) atoms. The van der Waals surface area contributed by atoms with Crippen LogP contribution in [0.5, 0.6) is 0 Å². The zero-order chi connectivity index (χ0) is 21.4. The van der Waals surface area contributed by atoms with Crippen LogP contribution in [0.3, 0.4) is 0 Å². The van der Waals surface area contributed by atoms with E-state index in [4.69, 9.17) is 0 Å². The molecule has 0 nitrogen and oxygen atoms in total. The summed E-state index contributed by atoms with van der Waals surface area (Å²) in [7, 11) is 0. The van der Waals surface area contributed by atoms with Gasteiger partial charge >= 0.3 is 30.2 Å². The first-order valence-electron chi connectivity index (χ1n) is 10.3. The minimum atomic E-state index is 0. The van der Waals surface area contributed by atoms with Crippen LogP contribution in [0.1, 0.15) is 46.6 Å². The second-order valence-corrected chi connectivity index (χ2v) is 7.59. The fourth-order valence-corrected chi connectivity index (χ4v) is 3.76. The summed E-state index contributed by atoms with van der Waals surface area (Å²) in [6.07, 6.45) is 5.73. The van der Waals surface area contributed by atoms with Crippen LogP contribution in [0, 0.1) is 26.8 Å². The second-order valence-electron chi connectivity index (χ2n) is 7.59. The number of fused-ring (bicyclic) bond motifs is 1. The van der Waals surface area contributed by atoms with E-state index in [0.717, 1.165) is 0 Å². The zero-order valence-electron chi connectivity index (χ0n) is 21.1. The van der Waals surface area contributed by atoms with Gasteiger partial charge in [0, 0.05) is 0 Å². The zero-order valence-corrected chi connectivity index (χ0v) is 26.2. The van der Waals surface area contributed by atoms with E-state index in [0.29, 0.717) is 5.92 Å². The third kappa shape index (κ3) is 9.77. The summed E-state index contributed by atoms with van der Waals surface area (Å²) < 4.78 is 0. The van der Waals surface area contributed by atoms with Crippen molar-refractivity contribution in [2.45, 2.75) is 47.5 Å². The normalized spacial score (nSPS) is 13.5. The average Bonchev–Trinajstić information content (AvgIpc) is 3.26. The van der Waals surface area contributed by atoms with Gasteiger partial charge in [0.05, 0.1) is 0 Å². The summed E-state index contributed by atoms with van der Waals surface area (Å²) in [5.41, 5.74) is 8.35. The van der Waals surface area contributed by atoms with Gasteiger partial charge in [0.15, 0.2) is 0 Å². The number of aryl methyl sites for hydroxylation is 1. The molecule has 2 radical (unpaired) electrons. The molecule has 0 heterocycles. The molecule has 3 aromatic rings. The summed E-state index contributed by atoms with van der Waals surface area (Å²) in [6.45, 7) is 14.0. The minimum absolute atomic E-state index is 0. The summed E-state index contributed by atoms with van der Waals surface area (Å²) in [5, 5.41) is 2.74. The summed E-state index contributed by atoms with van der Waals surface area (Å²) in [5.74, 6) is 0.560. The van der Waals surface area contributed by atoms with Gasteiger partial charge < -0.3 is 14.9 Å². The molecular weight excluding hydrogens is 539 g/mol. The van der Waals surface area contributed by atoms with E-state index in [1.807, 2.05) is 0 Å². The van der Waals surface area contributed by atoms with Crippen molar-refractivity contribution in [2.24, 2.45) is 5.92 Å². The number of allylic oxidation sites excluding steroid dienone is 4. The van der Waals surface area contributed by atoms with Gasteiger partial charge in [-0.05, 0) is 12.0 Å². The van der Waals surface area contributed by atoms with Crippen molar-refractivity contribution in [3.63, 3.8) is 0 Å². The predicted molar refractivity (Wildman–Crippen MR) is 152 cm³/mol. The third-order valence-corrected chi connectivity index (χ3v) is 5.67. The molecular formula is C29H38Cl2SiZr-4. The van der Waals surface area contributed by atoms with E-state index < -0.39 is 0 Å². The van der Waals surface area contributed by atoms with Crippen molar-refractivity contribution in [1.82, 2.24) is 0 Å². The molecule has 1 unspecified atom stereocenters. The van der Waals surface area contributed by atoms with E-state index in [9.17, 15) is 0 Å². The fraction of sp³-hybridized carbons (Fsp3) is 0.276. The van der Waals surface area contributed by atoms with Gasteiger partial charge in [-0.2, -0.15) is 17.2 Å². The first-order valence-corrected chi connectivity index (χ1v) is 14.5. The maximum absolute atomic E-state index is 3.36. The molecule has 3 aromatic carbocycles. The Balaban J connectivity index is -0.000000522. The van der Waals surface area contributed by atoms with Crippen molar-refractivity contribution < 1.29 is 23.3 Å². The Morgan fingerprint density at radius 3 is 2.00 bits per heavy atom. The molecule has 0 aliphatic heterocycles. The van der Waals surface area contributed by atoms with Crippen molar-refractivity contribution in [2.75, 3.05) is 0 Å². The summed E-state index contributed by atoms with van der Waals surface area (Å²) in [4.78, 5) is 0. The van der Waals surface area contributed by atoms with Crippen molar-refractivity contribution >= 4 is 42.5 Å². The Kier molecular flexibility index (Phi) is 20.6. The van der Waals surface area contributed by atoms with E-state index in [2.05, 4.69) is 108 Å². The van der Waals surface area contributed by atoms with E-state index in [1.54, 1.807) is 0 Å². The first kappa shape index (κ1) is 36.8. The van der Waals surface area contributed by atoms with Crippen molar-refractivity contribution in [3.8, 4) is 11.1 Å². The molecule has 0 spiro atoms. The molecule has 0 fully saturated rings. The fourth-order valence-electron chi connectivity index (χ4n) is 3.76. The number of hydrogen-bond acceptors (Lipinski definition) is 0. The Morgan fingerprint density at radius 1 is 0.939 bits per heavy atom. The van der Waals surface area contributed by atoms with Gasteiger partial charge in [0.1, 0.15) is 0 Å². The van der Waals surface area contributed by atoms with Crippen molar-refractivity contribution in [1.29, 1.82) is 0 Å². The summed E-state index contributed by atoms with van der Waals surface area (Å²) >= 11 is 1.36. The Morgan fingerprint density at radius 2 is 1.55 bits per heavy atom. The topological polar surface area (TPSA) is 0 Å². The van der Waals surface area contributed by atoms with Gasteiger partial charge in [0.2, 0.25) is 0 Å². The molecule has 0 saturated heterocycles.